The second-order valence-electron chi connectivity index (χ2n) is 3.85. The molecule has 0 atom stereocenters. The fourth-order valence-electron chi connectivity index (χ4n) is 1.65. The fraction of sp³-hybridized carbons (Fsp3) is 0.0833. The van der Waals surface area contributed by atoms with Crippen molar-refractivity contribution in [3.63, 3.8) is 0 Å². The predicted molar refractivity (Wildman–Crippen MR) is 65.8 cm³/mol. The Bertz CT molecular complexity index is 687. The van der Waals surface area contributed by atoms with Crippen LogP contribution in [0.4, 0.5) is 0 Å². The maximum Gasteiger partial charge on any atom is 0.335 e. The summed E-state index contributed by atoms with van der Waals surface area (Å²) in [5.41, 5.74) is 0.388. The van der Waals surface area contributed by atoms with Gasteiger partial charge in [0.1, 0.15) is 0 Å². The zero-order valence-corrected chi connectivity index (χ0v) is 10.4. The Kier molecular flexibility index (Phi) is 2.96. The normalized spacial score (nSPS) is 11.4. The van der Waals surface area contributed by atoms with E-state index in [0.29, 0.717) is 5.69 Å². The lowest BCUT2D eigenvalue weighted by Gasteiger charge is -2.10. The van der Waals surface area contributed by atoms with Gasteiger partial charge in [-0.15, -0.1) is 0 Å². The first kappa shape index (κ1) is 12.4. The molecule has 0 aliphatic carbocycles. The quantitative estimate of drug-likeness (QED) is 0.914. The third-order valence-corrected chi connectivity index (χ3v) is 3.61. The molecule has 0 radical (unpaired) electrons. The Labute approximate surface area is 104 Å². The molecule has 0 amide bonds. The number of hydrogen-bond donors (Lipinski definition) is 1. The van der Waals surface area contributed by atoms with Crippen molar-refractivity contribution in [1.29, 1.82) is 0 Å². The Morgan fingerprint density at radius 3 is 2.33 bits per heavy atom. The number of nitrogens with zero attached hydrogens (tertiary/aromatic N) is 1. The van der Waals surface area contributed by atoms with E-state index in [1.165, 1.54) is 18.2 Å². The predicted octanol–water partition coefficient (Wildman–Crippen LogP) is 1.58. The van der Waals surface area contributed by atoms with Crippen LogP contribution in [0.15, 0.2) is 47.6 Å². The molecular formula is C12H11NO4S. The second-order valence-corrected chi connectivity index (χ2v) is 5.83. The van der Waals surface area contributed by atoms with Crippen LogP contribution in [0.2, 0.25) is 0 Å². The van der Waals surface area contributed by atoms with Gasteiger partial charge in [0.05, 0.1) is 16.1 Å². The van der Waals surface area contributed by atoms with Crippen molar-refractivity contribution >= 4 is 15.8 Å². The van der Waals surface area contributed by atoms with Crippen molar-refractivity contribution in [1.82, 2.24) is 4.57 Å². The molecule has 5 nitrogen and oxygen atoms in total. The van der Waals surface area contributed by atoms with Crippen molar-refractivity contribution in [3.05, 3.63) is 48.3 Å². The highest BCUT2D eigenvalue weighted by molar-refractivity contribution is 7.90. The van der Waals surface area contributed by atoms with Gasteiger partial charge >= 0.3 is 5.97 Å². The maximum atomic E-state index is 11.7. The van der Waals surface area contributed by atoms with E-state index in [4.69, 9.17) is 5.11 Å². The van der Waals surface area contributed by atoms with E-state index >= 15 is 0 Å². The highest BCUT2D eigenvalue weighted by atomic mass is 32.2. The van der Waals surface area contributed by atoms with Gasteiger partial charge in [0, 0.05) is 18.6 Å². The highest BCUT2D eigenvalue weighted by Crippen LogP contribution is 2.22. The molecular weight excluding hydrogens is 254 g/mol. The van der Waals surface area contributed by atoms with E-state index in [2.05, 4.69) is 0 Å². The van der Waals surface area contributed by atoms with Crippen LogP contribution in [0, 0.1) is 0 Å². The Morgan fingerprint density at radius 2 is 1.83 bits per heavy atom. The molecule has 1 aromatic carbocycles. The van der Waals surface area contributed by atoms with E-state index in [9.17, 15) is 13.2 Å². The minimum atomic E-state index is -3.50. The van der Waals surface area contributed by atoms with Crippen molar-refractivity contribution in [2.24, 2.45) is 0 Å². The number of aromatic nitrogens is 1. The largest absolute Gasteiger partial charge is 0.478 e. The molecule has 0 aliphatic heterocycles. The van der Waals surface area contributed by atoms with Gasteiger partial charge in [0.2, 0.25) is 0 Å². The first-order valence-electron chi connectivity index (χ1n) is 5.10. The van der Waals surface area contributed by atoms with Crippen molar-refractivity contribution in [2.45, 2.75) is 4.90 Å². The molecule has 0 bridgehead atoms. The summed E-state index contributed by atoms with van der Waals surface area (Å²) >= 11 is 0. The van der Waals surface area contributed by atoms with Crippen LogP contribution < -0.4 is 0 Å². The average molecular weight is 265 g/mol. The Hall–Kier alpha value is -2.08. The maximum absolute atomic E-state index is 11.7. The van der Waals surface area contributed by atoms with Crippen LogP contribution in [0.5, 0.6) is 0 Å². The molecule has 1 aromatic heterocycles. The molecule has 0 saturated carbocycles. The Balaban J connectivity index is 2.72. The topological polar surface area (TPSA) is 76.4 Å². The first-order chi connectivity index (χ1) is 8.39. The highest BCUT2D eigenvalue weighted by Gasteiger charge is 2.17. The van der Waals surface area contributed by atoms with Crippen LogP contribution >= 0.6 is 0 Å². The monoisotopic (exact) mass is 265 g/mol. The van der Waals surface area contributed by atoms with Gasteiger partial charge in [-0.25, -0.2) is 13.2 Å². The van der Waals surface area contributed by atoms with Gasteiger partial charge in [0.25, 0.3) is 0 Å². The molecule has 0 unspecified atom stereocenters. The fourth-order valence-corrected chi connectivity index (χ4v) is 2.55. The number of carboxylic acid groups (broad SMARTS) is 1. The molecule has 0 spiro atoms. The lowest BCUT2D eigenvalue weighted by Crippen LogP contribution is -2.07. The molecule has 0 aliphatic rings. The molecule has 2 aromatic rings. The summed E-state index contributed by atoms with van der Waals surface area (Å²) in [6.07, 6.45) is 4.45. The van der Waals surface area contributed by atoms with Crippen molar-refractivity contribution < 1.29 is 18.3 Å². The molecule has 6 heteroatoms. The molecule has 0 fully saturated rings. The number of hydrogen-bond acceptors (Lipinski definition) is 3. The lowest BCUT2D eigenvalue weighted by molar-refractivity contribution is 0.0696. The molecule has 94 valence electrons. The molecule has 0 saturated heterocycles. The average Bonchev–Trinajstić information content (AvgIpc) is 2.80. The molecule has 2 rings (SSSR count). The van der Waals surface area contributed by atoms with Gasteiger partial charge < -0.3 is 9.67 Å². The summed E-state index contributed by atoms with van der Waals surface area (Å²) in [5.74, 6) is -1.15. The minimum Gasteiger partial charge on any atom is -0.478 e. The van der Waals surface area contributed by atoms with E-state index in [1.807, 2.05) is 0 Å². The number of carboxylic acids is 1. The summed E-state index contributed by atoms with van der Waals surface area (Å²) in [5, 5.41) is 8.89. The number of carbonyl (C=O) groups is 1. The van der Waals surface area contributed by atoms with Crippen LogP contribution in [0.3, 0.4) is 0 Å². The summed E-state index contributed by atoms with van der Waals surface area (Å²) in [4.78, 5) is 10.9. The van der Waals surface area contributed by atoms with Gasteiger partial charge in [-0.2, -0.15) is 0 Å². The van der Waals surface area contributed by atoms with Gasteiger partial charge in [-0.1, -0.05) is 0 Å². The molecule has 18 heavy (non-hydrogen) atoms. The van der Waals surface area contributed by atoms with Crippen LogP contribution in [-0.2, 0) is 9.84 Å². The van der Waals surface area contributed by atoms with E-state index < -0.39 is 15.8 Å². The van der Waals surface area contributed by atoms with Gasteiger partial charge in [0.15, 0.2) is 9.84 Å². The smallest absolute Gasteiger partial charge is 0.335 e. The number of benzene rings is 1. The summed E-state index contributed by atoms with van der Waals surface area (Å²) in [6.45, 7) is 0. The van der Waals surface area contributed by atoms with Crippen LogP contribution in [0.1, 0.15) is 10.4 Å². The third kappa shape index (κ3) is 2.28. The summed E-state index contributed by atoms with van der Waals surface area (Å²) in [7, 11) is -3.50. The van der Waals surface area contributed by atoms with E-state index in [1.54, 1.807) is 29.1 Å². The zero-order valence-electron chi connectivity index (χ0n) is 9.57. The van der Waals surface area contributed by atoms with Crippen LogP contribution in [0.25, 0.3) is 5.69 Å². The minimum absolute atomic E-state index is 0.00130. The van der Waals surface area contributed by atoms with Crippen molar-refractivity contribution in [2.75, 3.05) is 6.26 Å². The summed E-state index contributed by atoms with van der Waals surface area (Å²) in [6, 6.07) is 7.56. The van der Waals surface area contributed by atoms with E-state index in [-0.39, 0.29) is 10.5 Å². The van der Waals surface area contributed by atoms with E-state index in [0.717, 1.165) is 6.26 Å². The second kappa shape index (κ2) is 4.30. The first-order valence-corrected chi connectivity index (χ1v) is 6.99. The number of rotatable bonds is 3. The molecule has 1 N–H and O–H groups in total. The third-order valence-electron chi connectivity index (χ3n) is 2.49. The standard InChI is InChI=1S/C12H11NO4S/c1-18(16,17)11-8-9(12(14)15)4-5-10(11)13-6-2-3-7-13/h2-8H,1H3,(H,14,15). The summed E-state index contributed by atoms with van der Waals surface area (Å²) < 4.78 is 25.1. The van der Waals surface area contributed by atoms with Gasteiger partial charge in [-0.05, 0) is 30.3 Å². The SMILES string of the molecule is CS(=O)(=O)c1cc(C(=O)O)ccc1-n1cccc1. The lowest BCUT2D eigenvalue weighted by atomic mass is 10.2. The number of sulfone groups is 1. The zero-order chi connectivity index (χ0) is 13.3. The van der Waals surface area contributed by atoms with Gasteiger partial charge in [-0.3, -0.25) is 0 Å². The molecule has 1 heterocycles. The van der Waals surface area contributed by atoms with Crippen LogP contribution in [-0.4, -0.2) is 30.3 Å². The Morgan fingerprint density at radius 1 is 1.22 bits per heavy atom. The number of aromatic carboxylic acids is 1. The van der Waals surface area contributed by atoms with Crippen molar-refractivity contribution in [3.8, 4) is 5.69 Å².